The van der Waals surface area contributed by atoms with E-state index in [0.717, 1.165) is 25.5 Å². The summed E-state index contributed by atoms with van der Waals surface area (Å²) in [5.74, 6) is -0.575. The molecule has 4 aromatic rings. The summed E-state index contributed by atoms with van der Waals surface area (Å²) in [6.07, 6.45) is 0.244. The van der Waals surface area contributed by atoms with Gasteiger partial charge in [-0.25, -0.2) is 8.42 Å². The molecule has 0 aliphatic carbocycles. The number of hydrogen-bond donors (Lipinski definition) is 1. The monoisotopic (exact) mass is 677 g/mol. The van der Waals surface area contributed by atoms with Gasteiger partial charge in [0.2, 0.25) is 11.8 Å². The van der Waals surface area contributed by atoms with Crippen molar-refractivity contribution in [2.75, 3.05) is 24.5 Å². The van der Waals surface area contributed by atoms with Gasteiger partial charge in [-0.1, -0.05) is 88.2 Å². The van der Waals surface area contributed by atoms with E-state index in [2.05, 4.69) is 21.2 Å². The lowest BCUT2D eigenvalue weighted by molar-refractivity contribution is -0.140. The molecule has 44 heavy (non-hydrogen) atoms. The first kappa shape index (κ1) is 32.8. The van der Waals surface area contributed by atoms with E-state index in [1.807, 2.05) is 68.4 Å². The van der Waals surface area contributed by atoms with Gasteiger partial charge in [0.05, 0.1) is 17.7 Å². The first-order valence-electron chi connectivity index (χ1n) is 14.2. The molecule has 10 heteroatoms. The van der Waals surface area contributed by atoms with Gasteiger partial charge in [0.15, 0.2) is 0 Å². The van der Waals surface area contributed by atoms with E-state index in [9.17, 15) is 18.0 Å². The van der Waals surface area contributed by atoms with Gasteiger partial charge in [-0.15, -0.1) is 0 Å². The number of nitrogens with one attached hydrogen (secondary N) is 1. The Labute approximate surface area is 267 Å². The summed E-state index contributed by atoms with van der Waals surface area (Å²) in [4.78, 5) is 29.5. The lowest BCUT2D eigenvalue weighted by Gasteiger charge is -2.34. The second-order valence-corrected chi connectivity index (χ2v) is 13.0. The van der Waals surface area contributed by atoms with Crippen LogP contribution in [0.5, 0.6) is 5.75 Å². The van der Waals surface area contributed by atoms with Crippen LogP contribution in [0, 0.1) is 6.92 Å². The van der Waals surface area contributed by atoms with Crippen molar-refractivity contribution in [2.45, 2.75) is 37.8 Å². The predicted octanol–water partition coefficient (Wildman–Crippen LogP) is 5.74. The highest BCUT2D eigenvalue weighted by molar-refractivity contribution is 9.10. The van der Waals surface area contributed by atoms with Crippen LogP contribution in [0.4, 0.5) is 5.69 Å². The molecule has 0 aliphatic heterocycles. The second-order valence-electron chi connectivity index (χ2n) is 10.2. The highest BCUT2D eigenvalue weighted by Gasteiger charge is 2.35. The van der Waals surface area contributed by atoms with Crippen LogP contribution in [-0.4, -0.2) is 51.4 Å². The van der Waals surface area contributed by atoms with Gasteiger partial charge in [0.25, 0.3) is 10.0 Å². The van der Waals surface area contributed by atoms with Crippen molar-refractivity contribution >= 4 is 43.5 Å². The Kier molecular flexibility index (Phi) is 11.2. The molecule has 1 N–H and O–H groups in total. The van der Waals surface area contributed by atoms with Gasteiger partial charge in [0, 0.05) is 24.0 Å². The number of aryl methyl sites for hydroxylation is 1. The number of carbonyl (C=O) groups excluding carboxylic acids is 2. The van der Waals surface area contributed by atoms with E-state index in [1.54, 1.807) is 36.4 Å². The van der Waals surface area contributed by atoms with Crippen molar-refractivity contribution in [2.24, 2.45) is 0 Å². The molecular formula is C34H36BrN3O5S. The minimum atomic E-state index is -4.23. The highest BCUT2D eigenvalue weighted by Crippen LogP contribution is 2.33. The van der Waals surface area contributed by atoms with Crippen molar-refractivity contribution in [1.82, 2.24) is 10.2 Å². The van der Waals surface area contributed by atoms with Crippen LogP contribution in [0.3, 0.4) is 0 Å². The summed E-state index contributed by atoms with van der Waals surface area (Å²) >= 11 is 3.45. The smallest absolute Gasteiger partial charge is 0.264 e. The van der Waals surface area contributed by atoms with E-state index < -0.39 is 28.5 Å². The van der Waals surface area contributed by atoms with Gasteiger partial charge in [-0.2, -0.15) is 0 Å². The third-order valence-electron chi connectivity index (χ3n) is 7.13. The lowest BCUT2D eigenvalue weighted by atomic mass is 10.0. The maximum absolute atomic E-state index is 14.5. The summed E-state index contributed by atoms with van der Waals surface area (Å²) in [5, 5.41) is 2.87. The van der Waals surface area contributed by atoms with Gasteiger partial charge < -0.3 is 15.0 Å². The van der Waals surface area contributed by atoms with Crippen molar-refractivity contribution in [1.29, 1.82) is 0 Å². The average Bonchev–Trinajstić information content (AvgIpc) is 3.03. The van der Waals surface area contributed by atoms with Crippen molar-refractivity contribution in [3.05, 3.63) is 124 Å². The number of anilines is 1. The first-order valence-corrected chi connectivity index (χ1v) is 16.4. The molecule has 0 bridgehead atoms. The summed E-state index contributed by atoms with van der Waals surface area (Å²) in [7, 11) is -2.78. The quantitative estimate of drug-likeness (QED) is 0.195. The van der Waals surface area contributed by atoms with Crippen LogP contribution in [0.2, 0.25) is 0 Å². The number of methoxy groups -OCH3 is 1. The Balaban J connectivity index is 1.82. The number of likely N-dealkylation sites (N-methyl/N-ethyl adjacent to an activating group) is 1. The minimum Gasteiger partial charge on any atom is -0.495 e. The number of amides is 2. The van der Waals surface area contributed by atoms with E-state index in [1.165, 1.54) is 24.1 Å². The zero-order valence-electron chi connectivity index (χ0n) is 24.9. The van der Waals surface area contributed by atoms with E-state index >= 15 is 0 Å². The maximum atomic E-state index is 14.5. The summed E-state index contributed by atoms with van der Waals surface area (Å²) in [6, 6.07) is 29.1. The lowest BCUT2D eigenvalue weighted by Crippen LogP contribution is -2.53. The Hall–Kier alpha value is -4.15. The van der Waals surface area contributed by atoms with Crippen LogP contribution >= 0.6 is 15.9 Å². The van der Waals surface area contributed by atoms with Crippen LogP contribution in [0.15, 0.2) is 112 Å². The third kappa shape index (κ3) is 8.06. The van der Waals surface area contributed by atoms with E-state index in [4.69, 9.17) is 4.74 Å². The van der Waals surface area contributed by atoms with Gasteiger partial charge in [-0.05, 0) is 61.4 Å². The molecule has 0 aromatic heterocycles. The summed E-state index contributed by atoms with van der Waals surface area (Å²) in [5.41, 5.74) is 2.76. The number of ether oxygens (including phenoxy) is 1. The number of halogens is 1. The first-order chi connectivity index (χ1) is 21.1. The molecule has 0 saturated heterocycles. The Morgan fingerprint density at radius 2 is 1.50 bits per heavy atom. The van der Waals surface area contributed by atoms with Gasteiger partial charge >= 0.3 is 0 Å². The number of nitrogens with zero attached hydrogens (tertiary/aromatic N) is 2. The van der Waals surface area contributed by atoms with Crippen LogP contribution in [-0.2, 0) is 32.6 Å². The fourth-order valence-corrected chi connectivity index (χ4v) is 6.51. The van der Waals surface area contributed by atoms with Crippen molar-refractivity contribution < 1.29 is 22.7 Å². The molecule has 1 unspecified atom stereocenters. The predicted molar refractivity (Wildman–Crippen MR) is 176 cm³/mol. The second kappa shape index (κ2) is 15.0. The topological polar surface area (TPSA) is 96.0 Å². The zero-order chi connectivity index (χ0) is 31.7. The van der Waals surface area contributed by atoms with E-state index in [0.29, 0.717) is 12.3 Å². The maximum Gasteiger partial charge on any atom is 0.264 e. The molecule has 1 atom stereocenters. The fourth-order valence-electron chi connectivity index (χ4n) is 4.82. The van der Waals surface area contributed by atoms with Gasteiger partial charge in [0.1, 0.15) is 18.3 Å². The molecule has 0 spiro atoms. The molecular weight excluding hydrogens is 642 g/mol. The van der Waals surface area contributed by atoms with Crippen LogP contribution in [0.1, 0.15) is 23.6 Å². The standard InChI is InChI=1S/C34H36BrN3O5S/c1-4-36-34(40)31(22-26-10-6-5-7-11-26)37(23-27-16-18-28(35)19-17-27)33(39)24-38(30-12-8-9-13-32(30)43-3)44(41,42)29-20-14-25(2)15-21-29/h5-21,31H,4,22-24H2,1-3H3,(H,36,40). The Bertz CT molecular complexity index is 1660. The van der Waals surface area contributed by atoms with Gasteiger partial charge in [-0.3, -0.25) is 13.9 Å². The van der Waals surface area contributed by atoms with Crippen molar-refractivity contribution in [3.63, 3.8) is 0 Å². The number of carbonyl (C=O) groups is 2. The molecule has 230 valence electrons. The fraction of sp³-hybridized carbons (Fsp3) is 0.235. The normalized spacial score (nSPS) is 11.8. The molecule has 4 aromatic carbocycles. The van der Waals surface area contributed by atoms with E-state index in [-0.39, 0.29) is 29.5 Å². The molecule has 0 radical (unpaired) electrons. The molecule has 0 fully saturated rings. The number of para-hydroxylation sites is 2. The third-order valence-corrected chi connectivity index (χ3v) is 9.43. The zero-order valence-corrected chi connectivity index (χ0v) is 27.3. The number of sulfonamides is 1. The largest absolute Gasteiger partial charge is 0.495 e. The van der Waals surface area contributed by atoms with Crippen molar-refractivity contribution in [3.8, 4) is 5.75 Å². The molecule has 0 saturated carbocycles. The highest BCUT2D eigenvalue weighted by atomic mass is 79.9. The number of benzene rings is 4. The molecule has 4 rings (SSSR count). The summed E-state index contributed by atoms with van der Waals surface area (Å²) < 4.78 is 35.8. The average molecular weight is 679 g/mol. The molecule has 8 nitrogen and oxygen atoms in total. The SMILES string of the molecule is CCNC(=O)C(Cc1ccccc1)N(Cc1ccc(Br)cc1)C(=O)CN(c1ccccc1OC)S(=O)(=O)c1ccc(C)cc1. The number of rotatable bonds is 13. The summed E-state index contributed by atoms with van der Waals surface area (Å²) in [6.45, 7) is 3.59. The Morgan fingerprint density at radius 1 is 0.864 bits per heavy atom. The molecule has 2 amide bonds. The number of hydrogen-bond acceptors (Lipinski definition) is 5. The minimum absolute atomic E-state index is 0.0332. The van der Waals surface area contributed by atoms with Crippen LogP contribution < -0.4 is 14.4 Å². The molecule has 0 heterocycles. The Morgan fingerprint density at radius 3 is 2.14 bits per heavy atom. The molecule has 0 aliphatic rings. The van der Waals surface area contributed by atoms with Crippen LogP contribution in [0.25, 0.3) is 0 Å².